The highest BCUT2D eigenvalue weighted by Gasteiger charge is 2.34. The monoisotopic (exact) mass is 332 g/mol. The van der Waals surface area contributed by atoms with Gasteiger partial charge in [0.15, 0.2) is 0 Å². The molecule has 1 aliphatic carbocycles. The lowest BCUT2D eigenvalue weighted by Gasteiger charge is -2.27. The van der Waals surface area contributed by atoms with Crippen LogP contribution in [0.15, 0.2) is 12.4 Å². The number of aryl methyl sites for hydroxylation is 1. The lowest BCUT2D eigenvalue weighted by Crippen LogP contribution is -2.40. The number of hydrogen-bond acceptors (Lipinski definition) is 3. The molecular formula is C18H28N4O2. The fraction of sp³-hybridized carbons (Fsp3) is 0.722. The molecule has 0 aromatic carbocycles. The van der Waals surface area contributed by atoms with Gasteiger partial charge in [0.25, 0.3) is 0 Å². The van der Waals surface area contributed by atoms with E-state index in [0.29, 0.717) is 25.4 Å². The zero-order chi connectivity index (χ0) is 16.8. The third kappa shape index (κ3) is 4.58. The number of carbonyl (C=O) groups is 2. The normalized spacial score (nSPS) is 22.6. The Balaban J connectivity index is 1.40. The maximum absolute atomic E-state index is 12.3. The van der Waals surface area contributed by atoms with Crippen LogP contribution in [0.3, 0.4) is 0 Å². The largest absolute Gasteiger partial charge is 0.351 e. The molecule has 1 aromatic rings. The van der Waals surface area contributed by atoms with Gasteiger partial charge < -0.3 is 10.2 Å². The highest BCUT2D eigenvalue weighted by molar-refractivity contribution is 5.82. The van der Waals surface area contributed by atoms with Crippen molar-refractivity contribution in [1.29, 1.82) is 0 Å². The summed E-state index contributed by atoms with van der Waals surface area (Å²) in [6.45, 7) is 0.691. The van der Waals surface area contributed by atoms with Crippen LogP contribution in [-0.2, 0) is 16.0 Å². The molecule has 0 radical (unpaired) electrons. The van der Waals surface area contributed by atoms with Crippen LogP contribution in [0.1, 0.15) is 63.4 Å². The van der Waals surface area contributed by atoms with Crippen LogP contribution in [0.5, 0.6) is 0 Å². The summed E-state index contributed by atoms with van der Waals surface area (Å²) in [4.78, 5) is 26.4. The van der Waals surface area contributed by atoms with Gasteiger partial charge in [-0.25, -0.2) is 0 Å². The highest BCUT2D eigenvalue weighted by atomic mass is 16.2. The minimum absolute atomic E-state index is 0.0119. The second-order valence-corrected chi connectivity index (χ2v) is 7.12. The van der Waals surface area contributed by atoms with Gasteiger partial charge in [0.1, 0.15) is 0 Å². The smallest absolute Gasteiger partial charge is 0.225 e. The summed E-state index contributed by atoms with van der Waals surface area (Å²) >= 11 is 0. The molecule has 6 nitrogen and oxygen atoms in total. The maximum atomic E-state index is 12.3. The second kappa shape index (κ2) is 8.31. The van der Waals surface area contributed by atoms with Crippen molar-refractivity contribution in [3.63, 3.8) is 0 Å². The van der Waals surface area contributed by atoms with E-state index in [-0.39, 0.29) is 17.9 Å². The fourth-order valence-electron chi connectivity index (χ4n) is 3.92. The number of aromatic amines is 1. The highest BCUT2D eigenvalue weighted by Crippen LogP contribution is 2.25. The second-order valence-electron chi connectivity index (χ2n) is 7.12. The summed E-state index contributed by atoms with van der Waals surface area (Å²) in [6, 6.07) is 0.380. The van der Waals surface area contributed by atoms with Crippen LogP contribution in [0.4, 0.5) is 0 Å². The Hall–Kier alpha value is -1.85. The molecule has 2 amide bonds. The van der Waals surface area contributed by atoms with Crippen molar-refractivity contribution in [3.05, 3.63) is 18.0 Å². The van der Waals surface area contributed by atoms with E-state index in [2.05, 4.69) is 15.5 Å². The van der Waals surface area contributed by atoms with Gasteiger partial charge in [-0.15, -0.1) is 0 Å². The molecule has 0 spiro atoms. The fourth-order valence-corrected chi connectivity index (χ4v) is 3.92. The van der Waals surface area contributed by atoms with E-state index in [1.165, 1.54) is 25.7 Å². The Morgan fingerprint density at radius 2 is 2.08 bits per heavy atom. The lowest BCUT2D eigenvalue weighted by atomic mass is 10.1. The Morgan fingerprint density at radius 3 is 2.79 bits per heavy atom. The quantitative estimate of drug-likeness (QED) is 0.784. The van der Waals surface area contributed by atoms with Crippen molar-refractivity contribution in [2.24, 2.45) is 0 Å². The molecule has 1 saturated carbocycles. The molecule has 24 heavy (non-hydrogen) atoms. The SMILES string of the molecule is O=C(CCCc1cn[nH]c1)NC1CC(=O)N(C2CCCCCC2)C1. The number of H-pyrrole nitrogens is 1. The van der Waals surface area contributed by atoms with Crippen molar-refractivity contribution >= 4 is 11.8 Å². The van der Waals surface area contributed by atoms with Crippen molar-refractivity contribution < 1.29 is 9.59 Å². The predicted octanol–water partition coefficient (Wildman–Crippen LogP) is 2.17. The number of likely N-dealkylation sites (tertiary alicyclic amines) is 1. The van der Waals surface area contributed by atoms with Crippen molar-refractivity contribution in [2.45, 2.75) is 76.3 Å². The first-order valence-electron chi connectivity index (χ1n) is 9.29. The van der Waals surface area contributed by atoms with E-state index in [9.17, 15) is 9.59 Å². The molecule has 2 fully saturated rings. The molecule has 2 heterocycles. The summed E-state index contributed by atoms with van der Waals surface area (Å²) in [7, 11) is 0. The van der Waals surface area contributed by atoms with Crippen molar-refractivity contribution in [3.8, 4) is 0 Å². The number of nitrogens with one attached hydrogen (secondary N) is 2. The maximum Gasteiger partial charge on any atom is 0.225 e. The standard InChI is InChI=1S/C18H28N4O2/c23-17(9-5-6-14-11-19-20-12-14)21-15-10-18(24)22(13-15)16-7-3-1-2-4-8-16/h11-12,15-16H,1-10,13H2,(H,19,20)(H,21,23). The third-order valence-electron chi connectivity index (χ3n) is 5.21. The number of rotatable bonds is 6. The van der Waals surface area contributed by atoms with Gasteiger partial charge in [0.05, 0.1) is 12.2 Å². The van der Waals surface area contributed by atoms with Gasteiger partial charge in [-0.05, 0) is 31.2 Å². The molecule has 2 aliphatic rings. The van der Waals surface area contributed by atoms with Crippen LogP contribution in [0, 0.1) is 0 Å². The first-order valence-corrected chi connectivity index (χ1v) is 9.29. The number of nitrogens with zero attached hydrogens (tertiary/aromatic N) is 2. The van der Waals surface area contributed by atoms with E-state index < -0.39 is 0 Å². The minimum atomic E-state index is -0.0119. The molecule has 2 N–H and O–H groups in total. The van der Waals surface area contributed by atoms with Gasteiger partial charge in [-0.1, -0.05) is 25.7 Å². The number of hydrogen-bond donors (Lipinski definition) is 2. The van der Waals surface area contributed by atoms with Gasteiger partial charge in [0.2, 0.25) is 11.8 Å². The predicted molar refractivity (Wildman–Crippen MR) is 91.3 cm³/mol. The van der Waals surface area contributed by atoms with Crippen LogP contribution in [-0.4, -0.2) is 45.5 Å². The summed E-state index contributed by atoms with van der Waals surface area (Å²) in [5.41, 5.74) is 1.12. The zero-order valence-corrected chi connectivity index (χ0v) is 14.3. The van der Waals surface area contributed by atoms with Gasteiger partial charge in [-0.3, -0.25) is 14.7 Å². The molecule has 1 saturated heterocycles. The lowest BCUT2D eigenvalue weighted by molar-refractivity contribution is -0.129. The first-order chi connectivity index (χ1) is 11.7. The Bertz CT molecular complexity index is 535. The van der Waals surface area contributed by atoms with Gasteiger partial charge >= 0.3 is 0 Å². The Kier molecular flexibility index (Phi) is 5.88. The molecule has 1 atom stereocenters. The topological polar surface area (TPSA) is 78.1 Å². The first kappa shape index (κ1) is 17.0. The Labute approximate surface area is 143 Å². The average molecular weight is 332 g/mol. The molecule has 1 aliphatic heterocycles. The zero-order valence-electron chi connectivity index (χ0n) is 14.3. The van der Waals surface area contributed by atoms with Crippen LogP contribution in [0.25, 0.3) is 0 Å². The number of amides is 2. The average Bonchev–Trinajstić information content (AvgIpc) is 3.10. The molecule has 0 bridgehead atoms. The van der Waals surface area contributed by atoms with Crippen LogP contribution >= 0.6 is 0 Å². The number of carbonyl (C=O) groups excluding carboxylic acids is 2. The van der Waals surface area contributed by atoms with Gasteiger partial charge in [0, 0.05) is 31.6 Å². The minimum Gasteiger partial charge on any atom is -0.351 e. The molecule has 132 valence electrons. The molecule has 3 rings (SSSR count). The van der Waals surface area contributed by atoms with Crippen LogP contribution < -0.4 is 5.32 Å². The Morgan fingerprint density at radius 1 is 1.29 bits per heavy atom. The van der Waals surface area contributed by atoms with Crippen LogP contribution in [0.2, 0.25) is 0 Å². The third-order valence-corrected chi connectivity index (χ3v) is 5.21. The summed E-state index contributed by atoms with van der Waals surface area (Å²) in [5.74, 6) is 0.268. The molecule has 6 heteroatoms. The molecular weight excluding hydrogens is 304 g/mol. The molecule has 1 unspecified atom stereocenters. The van der Waals surface area contributed by atoms with E-state index in [0.717, 1.165) is 31.2 Å². The van der Waals surface area contributed by atoms with Gasteiger partial charge in [-0.2, -0.15) is 5.10 Å². The van der Waals surface area contributed by atoms with Crippen molar-refractivity contribution in [1.82, 2.24) is 20.4 Å². The van der Waals surface area contributed by atoms with E-state index >= 15 is 0 Å². The van der Waals surface area contributed by atoms with E-state index in [1.54, 1.807) is 6.20 Å². The summed E-state index contributed by atoms with van der Waals surface area (Å²) in [6.07, 6.45) is 13.5. The van der Waals surface area contributed by atoms with E-state index in [1.807, 2.05) is 11.1 Å². The molecule has 1 aromatic heterocycles. The summed E-state index contributed by atoms with van der Waals surface area (Å²) in [5, 5.41) is 9.73. The number of aromatic nitrogens is 2. The van der Waals surface area contributed by atoms with Crippen molar-refractivity contribution in [2.75, 3.05) is 6.54 Å². The van der Waals surface area contributed by atoms with E-state index in [4.69, 9.17) is 0 Å². The summed E-state index contributed by atoms with van der Waals surface area (Å²) < 4.78 is 0.